The van der Waals surface area contributed by atoms with E-state index >= 15 is 0 Å². The molecule has 2 nitrogen and oxygen atoms in total. The third-order valence-corrected chi connectivity index (χ3v) is 3.22. The lowest BCUT2D eigenvalue weighted by Gasteiger charge is -2.02. The first kappa shape index (κ1) is 14.9. The highest BCUT2D eigenvalue weighted by Gasteiger charge is 2.03. The van der Waals surface area contributed by atoms with Crippen molar-refractivity contribution in [3.05, 3.63) is 75.4 Å². The van der Waals surface area contributed by atoms with E-state index in [-0.39, 0.29) is 5.78 Å². The van der Waals surface area contributed by atoms with Gasteiger partial charge in [-0.25, -0.2) is 0 Å². The van der Waals surface area contributed by atoms with Crippen molar-refractivity contribution in [2.24, 2.45) is 0 Å². The summed E-state index contributed by atoms with van der Waals surface area (Å²) in [5, 5.41) is 1.47. The monoisotopic (exact) mass is 326 g/mol. The highest BCUT2D eigenvalue weighted by atomic mass is 35.5. The molecule has 0 aliphatic rings. The molecular weight excluding hydrogens is 319 g/mol. The Morgan fingerprint density at radius 3 is 2.25 bits per heavy atom. The SMILES string of the molecule is O=C(C=COc1ccc(Cl)cc1Cl)c1ccc(Cl)cc1. The molecule has 0 aromatic heterocycles. The van der Waals surface area contributed by atoms with Gasteiger partial charge in [-0.1, -0.05) is 34.8 Å². The molecule has 102 valence electrons. The molecule has 2 rings (SSSR count). The van der Waals surface area contributed by atoms with Crippen LogP contribution in [0.2, 0.25) is 15.1 Å². The van der Waals surface area contributed by atoms with E-state index in [1.54, 1.807) is 42.5 Å². The molecule has 0 saturated heterocycles. The molecular formula is C15H9Cl3O2. The quantitative estimate of drug-likeness (QED) is 0.425. The van der Waals surface area contributed by atoms with E-state index in [0.717, 1.165) is 0 Å². The summed E-state index contributed by atoms with van der Waals surface area (Å²) in [6.45, 7) is 0. The van der Waals surface area contributed by atoms with Crippen LogP contribution in [0.1, 0.15) is 10.4 Å². The molecule has 0 heterocycles. The molecule has 0 N–H and O–H groups in total. The van der Waals surface area contributed by atoms with Crippen LogP contribution >= 0.6 is 34.8 Å². The molecule has 0 spiro atoms. The predicted octanol–water partition coefficient (Wildman–Crippen LogP) is 5.42. The van der Waals surface area contributed by atoms with Crippen molar-refractivity contribution >= 4 is 40.6 Å². The molecule has 0 aliphatic carbocycles. The Labute approximate surface area is 131 Å². The Bertz CT molecular complexity index is 649. The second-order valence-corrected chi connectivity index (χ2v) is 5.15. The number of allylic oxidation sites excluding steroid dienone is 1. The van der Waals surface area contributed by atoms with E-state index in [1.807, 2.05) is 0 Å². The van der Waals surface area contributed by atoms with Crippen molar-refractivity contribution in [3.8, 4) is 5.75 Å². The van der Waals surface area contributed by atoms with Gasteiger partial charge in [-0.3, -0.25) is 4.79 Å². The molecule has 20 heavy (non-hydrogen) atoms. The van der Waals surface area contributed by atoms with Gasteiger partial charge in [0.2, 0.25) is 0 Å². The van der Waals surface area contributed by atoms with Gasteiger partial charge < -0.3 is 4.74 Å². The molecule has 2 aromatic carbocycles. The smallest absolute Gasteiger partial charge is 0.188 e. The lowest BCUT2D eigenvalue weighted by molar-refractivity contribution is 0.104. The molecule has 0 aliphatic heterocycles. The lowest BCUT2D eigenvalue weighted by Crippen LogP contribution is -1.94. The molecule has 2 aromatic rings. The predicted molar refractivity (Wildman–Crippen MR) is 82.0 cm³/mol. The standard InChI is InChI=1S/C15H9Cl3O2/c16-11-3-1-10(2-4-11)14(19)7-8-20-15-6-5-12(17)9-13(15)18/h1-9H. The summed E-state index contributed by atoms with van der Waals surface area (Å²) in [6.07, 6.45) is 2.60. The van der Waals surface area contributed by atoms with E-state index < -0.39 is 0 Å². The highest BCUT2D eigenvalue weighted by molar-refractivity contribution is 6.35. The van der Waals surface area contributed by atoms with Crippen molar-refractivity contribution in [1.82, 2.24) is 0 Å². The first-order valence-electron chi connectivity index (χ1n) is 5.64. The third kappa shape index (κ3) is 4.01. The van der Waals surface area contributed by atoms with Crippen molar-refractivity contribution in [3.63, 3.8) is 0 Å². The molecule has 0 unspecified atom stereocenters. The fraction of sp³-hybridized carbons (Fsp3) is 0. The average molecular weight is 328 g/mol. The average Bonchev–Trinajstić information content (AvgIpc) is 2.42. The van der Waals surface area contributed by atoms with E-state index in [2.05, 4.69) is 0 Å². The van der Waals surface area contributed by atoms with Gasteiger partial charge in [-0.15, -0.1) is 0 Å². The van der Waals surface area contributed by atoms with Crippen molar-refractivity contribution in [2.45, 2.75) is 0 Å². The van der Waals surface area contributed by atoms with Crippen LogP contribution in [0.25, 0.3) is 0 Å². The van der Waals surface area contributed by atoms with E-state index in [0.29, 0.717) is 26.4 Å². The minimum Gasteiger partial charge on any atom is -0.463 e. The molecule has 0 atom stereocenters. The van der Waals surface area contributed by atoms with Gasteiger partial charge in [0.1, 0.15) is 5.75 Å². The molecule has 0 saturated carbocycles. The Morgan fingerprint density at radius 1 is 0.950 bits per heavy atom. The number of hydrogen-bond acceptors (Lipinski definition) is 2. The summed E-state index contributed by atoms with van der Waals surface area (Å²) in [5.74, 6) is 0.239. The van der Waals surface area contributed by atoms with E-state index in [4.69, 9.17) is 39.5 Å². The number of benzene rings is 2. The normalized spacial score (nSPS) is 10.8. The number of carbonyl (C=O) groups excluding carboxylic acids is 1. The van der Waals surface area contributed by atoms with Crippen LogP contribution in [0.3, 0.4) is 0 Å². The fourth-order valence-electron chi connectivity index (χ4n) is 1.45. The zero-order valence-corrected chi connectivity index (χ0v) is 12.4. The Kier molecular flexibility index (Phi) is 5.07. The molecule has 5 heteroatoms. The largest absolute Gasteiger partial charge is 0.463 e. The maximum atomic E-state index is 11.8. The third-order valence-electron chi connectivity index (χ3n) is 2.44. The molecule has 0 radical (unpaired) electrons. The maximum Gasteiger partial charge on any atom is 0.188 e. The Hall–Kier alpha value is -1.48. The Balaban J connectivity index is 2.02. The van der Waals surface area contributed by atoms with Gasteiger partial charge in [-0.05, 0) is 42.5 Å². The molecule has 0 bridgehead atoms. The minimum atomic E-state index is -0.188. The zero-order valence-electron chi connectivity index (χ0n) is 10.1. The zero-order chi connectivity index (χ0) is 14.5. The van der Waals surface area contributed by atoms with Gasteiger partial charge in [0.05, 0.1) is 11.3 Å². The van der Waals surface area contributed by atoms with Crippen LogP contribution in [0.15, 0.2) is 54.8 Å². The second-order valence-electron chi connectivity index (χ2n) is 3.87. The summed E-state index contributed by atoms with van der Waals surface area (Å²) >= 11 is 17.5. The van der Waals surface area contributed by atoms with Crippen LogP contribution in [-0.2, 0) is 0 Å². The number of hydrogen-bond donors (Lipinski definition) is 0. The van der Waals surface area contributed by atoms with E-state index in [9.17, 15) is 4.79 Å². The summed E-state index contributed by atoms with van der Waals surface area (Å²) < 4.78 is 5.29. The number of halogens is 3. The number of carbonyl (C=O) groups is 1. The van der Waals surface area contributed by atoms with Crippen molar-refractivity contribution in [1.29, 1.82) is 0 Å². The first-order valence-corrected chi connectivity index (χ1v) is 6.78. The van der Waals surface area contributed by atoms with Crippen LogP contribution in [0.5, 0.6) is 5.75 Å². The molecule has 0 amide bonds. The summed E-state index contributed by atoms with van der Waals surface area (Å²) in [7, 11) is 0. The highest BCUT2D eigenvalue weighted by Crippen LogP contribution is 2.27. The van der Waals surface area contributed by atoms with Crippen LogP contribution < -0.4 is 4.74 Å². The maximum absolute atomic E-state index is 11.8. The number of ketones is 1. The summed E-state index contributed by atoms with van der Waals surface area (Å²) in [5.41, 5.74) is 0.524. The second kappa shape index (κ2) is 6.80. The van der Waals surface area contributed by atoms with Gasteiger partial charge in [0.15, 0.2) is 5.78 Å². The Morgan fingerprint density at radius 2 is 1.60 bits per heavy atom. The number of ether oxygens (including phenoxy) is 1. The first-order chi connectivity index (χ1) is 9.56. The van der Waals surface area contributed by atoms with Gasteiger partial charge in [-0.2, -0.15) is 0 Å². The minimum absolute atomic E-state index is 0.188. The van der Waals surface area contributed by atoms with Gasteiger partial charge >= 0.3 is 0 Å². The number of rotatable bonds is 4. The van der Waals surface area contributed by atoms with E-state index in [1.165, 1.54) is 12.3 Å². The summed E-state index contributed by atoms with van der Waals surface area (Å²) in [6, 6.07) is 11.4. The topological polar surface area (TPSA) is 26.3 Å². The van der Waals surface area contributed by atoms with Gasteiger partial charge in [0.25, 0.3) is 0 Å². The molecule has 0 fully saturated rings. The van der Waals surface area contributed by atoms with Crippen molar-refractivity contribution in [2.75, 3.05) is 0 Å². The van der Waals surface area contributed by atoms with Crippen LogP contribution in [0.4, 0.5) is 0 Å². The lowest BCUT2D eigenvalue weighted by atomic mass is 10.1. The van der Waals surface area contributed by atoms with Crippen LogP contribution in [-0.4, -0.2) is 5.78 Å². The van der Waals surface area contributed by atoms with Gasteiger partial charge in [0, 0.05) is 21.7 Å². The van der Waals surface area contributed by atoms with Crippen LogP contribution in [0, 0.1) is 0 Å². The van der Waals surface area contributed by atoms with Crippen molar-refractivity contribution < 1.29 is 9.53 Å². The fourth-order valence-corrected chi connectivity index (χ4v) is 2.03. The summed E-state index contributed by atoms with van der Waals surface area (Å²) in [4.78, 5) is 11.8.